The van der Waals surface area contributed by atoms with Crippen LogP contribution in [-0.4, -0.2) is 46.6 Å². The molecule has 5 heteroatoms. The van der Waals surface area contributed by atoms with E-state index in [9.17, 15) is 14.7 Å². The average molecular weight is 310 g/mol. The fraction of sp³-hybridized carbons (Fsp3) is 0.882. The molecule has 2 fully saturated rings. The largest absolute Gasteiger partial charge is 0.480 e. The summed E-state index contributed by atoms with van der Waals surface area (Å²) in [6, 6.07) is -0.253. The van der Waals surface area contributed by atoms with E-state index in [1.165, 1.54) is 0 Å². The number of carbonyl (C=O) groups excluding carboxylic acids is 1. The highest BCUT2D eigenvalue weighted by molar-refractivity contribution is 5.82. The van der Waals surface area contributed by atoms with Crippen LogP contribution >= 0.6 is 0 Å². The van der Waals surface area contributed by atoms with Gasteiger partial charge in [0.2, 0.25) is 5.91 Å². The molecule has 2 atom stereocenters. The van der Waals surface area contributed by atoms with E-state index in [0.717, 1.165) is 31.6 Å². The van der Waals surface area contributed by atoms with Gasteiger partial charge < -0.3 is 15.3 Å². The molecule has 126 valence electrons. The number of nitrogens with zero attached hydrogens (tertiary/aromatic N) is 1. The molecule has 2 rings (SSSR count). The van der Waals surface area contributed by atoms with Gasteiger partial charge in [0.25, 0.3) is 0 Å². The minimum absolute atomic E-state index is 0.00577. The van der Waals surface area contributed by atoms with Gasteiger partial charge in [-0.25, -0.2) is 0 Å². The van der Waals surface area contributed by atoms with E-state index in [1.807, 2.05) is 25.7 Å². The quantitative estimate of drug-likeness (QED) is 0.839. The zero-order valence-electron chi connectivity index (χ0n) is 14.3. The maximum absolute atomic E-state index is 13.0. The number of amides is 1. The lowest BCUT2D eigenvalue weighted by Crippen LogP contribution is -2.53. The third kappa shape index (κ3) is 3.80. The average Bonchev–Trinajstić information content (AvgIpc) is 2.90. The van der Waals surface area contributed by atoms with E-state index in [-0.39, 0.29) is 18.0 Å². The Labute approximate surface area is 133 Å². The normalized spacial score (nSPS) is 32.7. The van der Waals surface area contributed by atoms with E-state index in [4.69, 9.17) is 0 Å². The molecule has 0 spiro atoms. The Morgan fingerprint density at radius 1 is 1.09 bits per heavy atom. The molecule has 1 saturated carbocycles. The Hall–Kier alpha value is -1.10. The lowest BCUT2D eigenvalue weighted by Gasteiger charge is -2.42. The Bertz CT molecular complexity index is 422. The molecule has 0 radical (unpaired) electrons. The lowest BCUT2D eigenvalue weighted by atomic mass is 9.84. The summed E-state index contributed by atoms with van der Waals surface area (Å²) in [7, 11) is 0. The predicted octanol–water partition coefficient (Wildman–Crippen LogP) is 2.25. The first-order valence-electron chi connectivity index (χ1n) is 8.49. The highest BCUT2D eigenvalue weighted by Crippen LogP contribution is 2.33. The number of carboxylic acid groups (broad SMARTS) is 1. The number of rotatable bonds is 3. The summed E-state index contributed by atoms with van der Waals surface area (Å²) in [5.74, 6) is 0.0733. The molecule has 22 heavy (non-hydrogen) atoms. The van der Waals surface area contributed by atoms with Crippen molar-refractivity contribution < 1.29 is 14.7 Å². The molecule has 5 nitrogen and oxygen atoms in total. The SMILES string of the molecule is CC1CCC(N(C(=O)C(C)(C)C)[C@@H]2CN[C@H](C(=O)O)C2)CC1. The first-order valence-corrected chi connectivity index (χ1v) is 8.49. The zero-order chi connectivity index (χ0) is 16.5. The summed E-state index contributed by atoms with van der Waals surface area (Å²) in [4.78, 5) is 26.2. The van der Waals surface area contributed by atoms with Gasteiger partial charge in [-0.1, -0.05) is 27.7 Å². The predicted molar refractivity (Wildman–Crippen MR) is 85.6 cm³/mol. The first-order chi connectivity index (χ1) is 10.2. The first kappa shape index (κ1) is 17.3. The van der Waals surface area contributed by atoms with E-state index in [0.29, 0.717) is 13.0 Å². The van der Waals surface area contributed by atoms with Crippen LogP contribution in [0.1, 0.15) is 59.8 Å². The number of carboxylic acids is 1. The van der Waals surface area contributed by atoms with Crippen LogP contribution in [0.15, 0.2) is 0 Å². The lowest BCUT2D eigenvalue weighted by molar-refractivity contribution is -0.146. The number of aliphatic carboxylic acids is 1. The maximum atomic E-state index is 13.0. The van der Waals surface area contributed by atoms with Crippen molar-refractivity contribution in [2.75, 3.05) is 6.54 Å². The van der Waals surface area contributed by atoms with Gasteiger partial charge in [-0.3, -0.25) is 9.59 Å². The van der Waals surface area contributed by atoms with Crippen LogP contribution in [0.5, 0.6) is 0 Å². The molecule has 1 aliphatic carbocycles. The van der Waals surface area contributed by atoms with Crippen molar-refractivity contribution in [3.8, 4) is 0 Å². The standard InChI is InChI=1S/C17H30N2O3/c1-11-5-7-12(8-6-11)19(16(22)17(2,3)4)13-9-14(15(20)21)18-10-13/h11-14,18H,5-10H2,1-4H3,(H,20,21)/t11?,12?,13-,14-/m0/s1. The molecule has 2 aliphatic rings. The van der Waals surface area contributed by atoms with Crippen molar-refractivity contribution >= 4 is 11.9 Å². The fourth-order valence-corrected chi connectivity index (χ4v) is 3.65. The van der Waals surface area contributed by atoms with Gasteiger partial charge in [0.1, 0.15) is 6.04 Å². The number of hydrogen-bond acceptors (Lipinski definition) is 3. The summed E-state index contributed by atoms with van der Waals surface area (Å²) in [6.07, 6.45) is 4.90. The monoisotopic (exact) mass is 310 g/mol. The van der Waals surface area contributed by atoms with Crippen molar-refractivity contribution in [3.05, 3.63) is 0 Å². The molecule has 1 amide bonds. The van der Waals surface area contributed by atoms with E-state index in [2.05, 4.69) is 12.2 Å². The van der Waals surface area contributed by atoms with Crippen LogP contribution in [0.2, 0.25) is 0 Å². The second-order valence-electron chi connectivity index (χ2n) is 8.06. The summed E-state index contributed by atoms with van der Waals surface area (Å²) in [5.41, 5.74) is -0.426. The molecule has 0 aromatic carbocycles. The molecule has 0 aromatic heterocycles. The van der Waals surface area contributed by atoms with Crippen molar-refractivity contribution in [3.63, 3.8) is 0 Å². The fourth-order valence-electron chi connectivity index (χ4n) is 3.65. The third-order valence-corrected chi connectivity index (χ3v) is 5.05. The zero-order valence-corrected chi connectivity index (χ0v) is 14.3. The number of hydrogen-bond donors (Lipinski definition) is 2. The van der Waals surface area contributed by atoms with Gasteiger partial charge in [-0.05, 0) is 38.0 Å². The van der Waals surface area contributed by atoms with Gasteiger partial charge >= 0.3 is 5.97 Å². The third-order valence-electron chi connectivity index (χ3n) is 5.05. The molecule has 0 bridgehead atoms. The van der Waals surface area contributed by atoms with Crippen molar-refractivity contribution in [2.24, 2.45) is 11.3 Å². The van der Waals surface area contributed by atoms with Crippen LogP contribution in [0.4, 0.5) is 0 Å². The molecule has 0 aromatic rings. The number of nitrogens with one attached hydrogen (secondary N) is 1. The Morgan fingerprint density at radius 2 is 1.68 bits per heavy atom. The summed E-state index contributed by atoms with van der Waals surface area (Å²) in [5, 5.41) is 12.2. The van der Waals surface area contributed by atoms with Gasteiger partial charge in [0.15, 0.2) is 0 Å². The van der Waals surface area contributed by atoms with Crippen LogP contribution in [0.3, 0.4) is 0 Å². The smallest absolute Gasteiger partial charge is 0.320 e. The van der Waals surface area contributed by atoms with Crippen molar-refractivity contribution in [2.45, 2.75) is 77.9 Å². The minimum Gasteiger partial charge on any atom is -0.480 e. The molecule has 1 saturated heterocycles. The minimum atomic E-state index is -0.817. The molecule has 0 unspecified atom stereocenters. The summed E-state index contributed by atoms with van der Waals surface area (Å²) < 4.78 is 0. The summed E-state index contributed by atoms with van der Waals surface area (Å²) >= 11 is 0. The van der Waals surface area contributed by atoms with E-state index >= 15 is 0 Å². The topological polar surface area (TPSA) is 69.6 Å². The van der Waals surface area contributed by atoms with Gasteiger partial charge in [-0.2, -0.15) is 0 Å². The second kappa shape index (κ2) is 6.57. The highest BCUT2D eigenvalue weighted by atomic mass is 16.4. The van der Waals surface area contributed by atoms with E-state index < -0.39 is 17.4 Å². The highest BCUT2D eigenvalue weighted by Gasteiger charge is 2.41. The second-order valence-corrected chi connectivity index (χ2v) is 8.06. The number of carbonyl (C=O) groups is 2. The van der Waals surface area contributed by atoms with Crippen molar-refractivity contribution in [1.29, 1.82) is 0 Å². The molecule has 1 aliphatic heterocycles. The summed E-state index contributed by atoms with van der Waals surface area (Å²) in [6.45, 7) is 8.70. The van der Waals surface area contributed by atoms with Crippen LogP contribution in [-0.2, 0) is 9.59 Å². The van der Waals surface area contributed by atoms with Gasteiger partial charge in [0.05, 0.1) is 0 Å². The van der Waals surface area contributed by atoms with Gasteiger partial charge in [-0.15, -0.1) is 0 Å². The molecule has 1 heterocycles. The molecular formula is C17H30N2O3. The van der Waals surface area contributed by atoms with E-state index in [1.54, 1.807) is 0 Å². The van der Waals surface area contributed by atoms with Crippen LogP contribution in [0, 0.1) is 11.3 Å². The molecular weight excluding hydrogens is 280 g/mol. The Kier molecular flexibility index (Phi) is 5.15. The van der Waals surface area contributed by atoms with Crippen LogP contribution in [0.25, 0.3) is 0 Å². The van der Waals surface area contributed by atoms with Crippen LogP contribution < -0.4 is 5.32 Å². The maximum Gasteiger partial charge on any atom is 0.320 e. The Balaban J connectivity index is 2.15. The van der Waals surface area contributed by atoms with Gasteiger partial charge in [0, 0.05) is 24.0 Å². The van der Waals surface area contributed by atoms with Crippen molar-refractivity contribution in [1.82, 2.24) is 10.2 Å². The Morgan fingerprint density at radius 3 is 2.14 bits per heavy atom. The molecule has 2 N–H and O–H groups in total.